The molecule has 7 heteroatoms. The van der Waals surface area contributed by atoms with E-state index >= 15 is 0 Å². The Labute approximate surface area is 112 Å². The van der Waals surface area contributed by atoms with Crippen molar-refractivity contribution in [1.82, 2.24) is 10.3 Å². The summed E-state index contributed by atoms with van der Waals surface area (Å²) in [5.74, 6) is -0.641. The van der Waals surface area contributed by atoms with Crippen molar-refractivity contribution < 1.29 is 14.3 Å². The zero-order valence-electron chi connectivity index (χ0n) is 9.74. The van der Waals surface area contributed by atoms with E-state index in [2.05, 4.69) is 31.0 Å². The maximum atomic E-state index is 11.8. The van der Waals surface area contributed by atoms with Crippen molar-refractivity contribution in [2.45, 2.75) is 19.8 Å². The molecule has 1 aromatic heterocycles. The van der Waals surface area contributed by atoms with Gasteiger partial charge in [0.05, 0.1) is 7.11 Å². The van der Waals surface area contributed by atoms with Crippen molar-refractivity contribution in [1.29, 1.82) is 0 Å². The summed E-state index contributed by atoms with van der Waals surface area (Å²) < 4.78 is 5.10. The van der Waals surface area contributed by atoms with Crippen LogP contribution < -0.4 is 5.32 Å². The van der Waals surface area contributed by atoms with Gasteiger partial charge >= 0.3 is 5.97 Å². The van der Waals surface area contributed by atoms with Crippen LogP contribution in [0.25, 0.3) is 0 Å². The Morgan fingerprint density at radius 3 is 2.71 bits per heavy atom. The summed E-state index contributed by atoms with van der Waals surface area (Å²) >= 11 is 4.67. The van der Waals surface area contributed by atoms with Crippen LogP contribution in [-0.2, 0) is 9.53 Å². The molecule has 17 heavy (non-hydrogen) atoms. The molecule has 1 aromatic rings. The van der Waals surface area contributed by atoms with Crippen LogP contribution in [0.2, 0.25) is 0 Å². The number of amides is 1. The fourth-order valence-corrected chi connectivity index (χ4v) is 2.66. The Balaban J connectivity index is 2.78. The van der Waals surface area contributed by atoms with Crippen LogP contribution in [0.1, 0.15) is 35.1 Å². The molecule has 0 fully saturated rings. The molecule has 1 N–H and O–H groups in total. The molecule has 0 unspecified atom stereocenters. The van der Waals surface area contributed by atoms with Gasteiger partial charge in [0.1, 0.15) is 12.2 Å². The maximum Gasteiger partial charge on any atom is 0.325 e. The molecular formula is C10H13BrN2O3S. The van der Waals surface area contributed by atoms with Gasteiger partial charge < -0.3 is 10.1 Å². The number of halogens is 1. The van der Waals surface area contributed by atoms with E-state index in [4.69, 9.17) is 0 Å². The van der Waals surface area contributed by atoms with Crippen LogP contribution in [0.5, 0.6) is 0 Å². The summed E-state index contributed by atoms with van der Waals surface area (Å²) in [6.45, 7) is 3.82. The van der Waals surface area contributed by atoms with Gasteiger partial charge in [-0.05, 0) is 21.8 Å². The largest absolute Gasteiger partial charge is 0.468 e. The number of carbonyl (C=O) groups excluding carboxylic acids is 2. The summed E-state index contributed by atoms with van der Waals surface area (Å²) in [7, 11) is 1.27. The Bertz CT molecular complexity index is 431. The number of nitrogens with one attached hydrogen (secondary N) is 1. The van der Waals surface area contributed by atoms with Crippen molar-refractivity contribution >= 4 is 39.1 Å². The lowest BCUT2D eigenvalue weighted by Crippen LogP contribution is -2.31. The molecule has 5 nitrogen and oxygen atoms in total. The lowest BCUT2D eigenvalue weighted by atomic mass is 10.1. The van der Waals surface area contributed by atoms with Gasteiger partial charge in [-0.3, -0.25) is 9.59 Å². The van der Waals surface area contributed by atoms with E-state index in [-0.39, 0.29) is 18.4 Å². The molecule has 94 valence electrons. The van der Waals surface area contributed by atoms with Gasteiger partial charge in [-0.25, -0.2) is 4.98 Å². The predicted octanol–water partition coefficient (Wildman–Crippen LogP) is 1.93. The number of rotatable bonds is 4. The number of carbonyl (C=O) groups is 2. The average Bonchev–Trinajstić information content (AvgIpc) is 2.67. The van der Waals surface area contributed by atoms with Crippen molar-refractivity contribution in [2.75, 3.05) is 13.7 Å². The number of esters is 1. The molecule has 0 saturated carbocycles. The molecule has 0 spiro atoms. The zero-order valence-corrected chi connectivity index (χ0v) is 12.1. The van der Waals surface area contributed by atoms with Crippen LogP contribution in [0.3, 0.4) is 0 Å². The Kier molecular flexibility index (Phi) is 5.07. The molecule has 1 amide bonds. The van der Waals surface area contributed by atoms with Gasteiger partial charge in [0.25, 0.3) is 5.91 Å². The number of methoxy groups -OCH3 is 1. The topological polar surface area (TPSA) is 68.3 Å². The lowest BCUT2D eigenvalue weighted by Gasteiger charge is -2.05. The Hall–Kier alpha value is -0.950. The van der Waals surface area contributed by atoms with E-state index in [0.717, 1.165) is 4.88 Å². The third kappa shape index (κ3) is 3.78. The molecule has 0 aromatic carbocycles. The summed E-state index contributed by atoms with van der Waals surface area (Å²) in [6.07, 6.45) is 0. The van der Waals surface area contributed by atoms with Gasteiger partial charge in [-0.2, -0.15) is 0 Å². The molecular weight excluding hydrogens is 308 g/mol. The number of thiazole rings is 1. The molecule has 0 saturated heterocycles. The SMILES string of the molecule is COC(=O)CNC(=O)c1nc(Br)sc1C(C)C. The average molecular weight is 321 g/mol. The summed E-state index contributed by atoms with van der Waals surface area (Å²) in [4.78, 5) is 27.7. The maximum absolute atomic E-state index is 11.8. The first-order valence-electron chi connectivity index (χ1n) is 4.97. The van der Waals surface area contributed by atoms with Crippen molar-refractivity contribution in [3.05, 3.63) is 14.5 Å². The first kappa shape index (κ1) is 14.1. The third-order valence-electron chi connectivity index (χ3n) is 1.99. The van der Waals surface area contributed by atoms with Gasteiger partial charge in [-0.15, -0.1) is 11.3 Å². The van der Waals surface area contributed by atoms with Crippen LogP contribution >= 0.6 is 27.3 Å². The number of ether oxygens (including phenoxy) is 1. The second kappa shape index (κ2) is 6.11. The molecule has 0 aliphatic carbocycles. The fourth-order valence-electron chi connectivity index (χ4n) is 1.17. The molecule has 1 rings (SSSR count). The van der Waals surface area contributed by atoms with E-state index in [0.29, 0.717) is 9.61 Å². The predicted molar refractivity (Wildman–Crippen MR) is 68.3 cm³/mol. The first-order chi connectivity index (χ1) is 7.95. The summed E-state index contributed by atoms with van der Waals surface area (Å²) in [6, 6.07) is 0. The Morgan fingerprint density at radius 1 is 1.53 bits per heavy atom. The first-order valence-corrected chi connectivity index (χ1v) is 6.58. The van der Waals surface area contributed by atoms with Gasteiger partial charge in [-0.1, -0.05) is 13.8 Å². The highest BCUT2D eigenvalue weighted by molar-refractivity contribution is 9.11. The van der Waals surface area contributed by atoms with Crippen LogP contribution in [0, 0.1) is 0 Å². The third-order valence-corrected chi connectivity index (χ3v) is 3.80. The smallest absolute Gasteiger partial charge is 0.325 e. The van der Waals surface area contributed by atoms with Crippen LogP contribution in [0.15, 0.2) is 3.92 Å². The van der Waals surface area contributed by atoms with E-state index in [9.17, 15) is 9.59 Å². The standard InChI is InChI=1S/C10H13BrN2O3S/c1-5(2)8-7(13-10(11)17-8)9(15)12-4-6(14)16-3/h5H,4H2,1-3H3,(H,12,15). The highest BCUT2D eigenvalue weighted by atomic mass is 79.9. The molecule has 1 heterocycles. The molecule has 0 atom stereocenters. The monoisotopic (exact) mass is 320 g/mol. The second-order valence-electron chi connectivity index (χ2n) is 3.59. The number of nitrogens with zero attached hydrogens (tertiary/aromatic N) is 1. The minimum absolute atomic E-state index is 0.151. The lowest BCUT2D eigenvalue weighted by molar-refractivity contribution is -0.139. The van der Waals surface area contributed by atoms with E-state index in [1.807, 2.05) is 13.8 Å². The normalized spacial score (nSPS) is 10.4. The Morgan fingerprint density at radius 2 is 2.18 bits per heavy atom. The van der Waals surface area contributed by atoms with Gasteiger partial charge in [0.15, 0.2) is 3.92 Å². The second-order valence-corrected chi connectivity index (χ2v) is 5.90. The van der Waals surface area contributed by atoms with Crippen LogP contribution in [-0.4, -0.2) is 30.5 Å². The van der Waals surface area contributed by atoms with Crippen molar-refractivity contribution in [3.8, 4) is 0 Å². The highest BCUT2D eigenvalue weighted by Gasteiger charge is 2.19. The van der Waals surface area contributed by atoms with Crippen molar-refractivity contribution in [2.24, 2.45) is 0 Å². The van der Waals surface area contributed by atoms with Crippen molar-refractivity contribution in [3.63, 3.8) is 0 Å². The summed E-state index contributed by atoms with van der Waals surface area (Å²) in [5.41, 5.74) is 0.362. The van der Waals surface area contributed by atoms with Gasteiger partial charge in [0, 0.05) is 4.88 Å². The van der Waals surface area contributed by atoms with E-state index < -0.39 is 5.97 Å². The zero-order chi connectivity index (χ0) is 13.0. The minimum atomic E-state index is -0.487. The number of hydrogen-bond acceptors (Lipinski definition) is 5. The number of aromatic nitrogens is 1. The van der Waals surface area contributed by atoms with Crippen LogP contribution in [0.4, 0.5) is 0 Å². The van der Waals surface area contributed by atoms with Gasteiger partial charge in [0.2, 0.25) is 0 Å². The summed E-state index contributed by atoms with van der Waals surface area (Å²) in [5, 5.41) is 2.47. The van der Waals surface area contributed by atoms with E-state index in [1.165, 1.54) is 18.4 Å². The van der Waals surface area contributed by atoms with E-state index in [1.54, 1.807) is 0 Å². The highest BCUT2D eigenvalue weighted by Crippen LogP contribution is 2.29. The fraction of sp³-hybridized carbons (Fsp3) is 0.500. The molecule has 0 bridgehead atoms. The molecule has 0 aliphatic rings. The molecule has 0 aliphatic heterocycles. The quantitative estimate of drug-likeness (QED) is 0.861. The molecule has 0 radical (unpaired) electrons. The minimum Gasteiger partial charge on any atom is -0.468 e. The number of hydrogen-bond donors (Lipinski definition) is 1.